The Morgan fingerprint density at radius 2 is 2.12 bits per heavy atom. The zero-order chi connectivity index (χ0) is 12.3. The molecule has 17 heavy (non-hydrogen) atoms. The molecule has 7 heteroatoms. The van der Waals surface area contributed by atoms with Gasteiger partial charge in [0, 0.05) is 32.2 Å². The topological polar surface area (TPSA) is 61.4 Å². The SMILES string of the molecule is CC(C)N1CCN(C(=O)Nc2nncs2)CC1. The first-order valence-corrected chi connectivity index (χ1v) is 6.61. The average molecular weight is 255 g/mol. The quantitative estimate of drug-likeness (QED) is 0.859. The summed E-state index contributed by atoms with van der Waals surface area (Å²) in [5.41, 5.74) is 1.60. The highest BCUT2D eigenvalue weighted by atomic mass is 32.1. The molecule has 1 aromatic heterocycles. The third kappa shape index (κ3) is 3.13. The molecule has 0 aliphatic carbocycles. The van der Waals surface area contributed by atoms with Crippen LogP contribution in [0.25, 0.3) is 0 Å². The molecule has 0 aromatic carbocycles. The highest BCUT2D eigenvalue weighted by Crippen LogP contribution is 2.11. The maximum absolute atomic E-state index is 11.9. The Kier molecular flexibility index (Phi) is 3.90. The van der Waals surface area contributed by atoms with E-state index in [0.717, 1.165) is 26.2 Å². The van der Waals surface area contributed by atoms with Crippen molar-refractivity contribution in [2.75, 3.05) is 31.5 Å². The van der Waals surface area contributed by atoms with Crippen LogP contribution in [0.15, 0.2) is 5.51 Å². The van der Waals surface area contributed by atoms with Crippen LogP contribution in [0.2, 0.25) is 0 Å². The van der Waals surface area contributed by atoms with Gasteiger partial charge in [0.05, 0.1) is 0 Å². The van der Waals surface area contributed by atoms with E-state index >= 15 is 0 Å². The molecule has 0 unspecified atom stereocenters. The van der Waals surface area contributed by atoms with Gasteiger partial charge in [-0.05, 0) is 13.8 Å². The van der Waals surface area contributed by atoms with Gasteiger partial charge in [0.2, 0.25) is 5.13 Å². The minimum absolute atomic E-state index is 0.0786. The molecule has 0 radical (unpaired) electrons. The Labute approximate surface area is 105 Å². The van der Waals surface area contributed by atoms with Crippen LogP contribution < -0.4 is 5.32 Å². The number of aromatic nitrogens is 2. The summed E-state index contributed by atoms with van der Waals surface area (Å²) in [6.07, 6.45) is 0. The zero-order valence-electron chi connectivity index (χ0n) is 10.1. The first-order valence-electron chi connectivity index (χ1n) is 5.73. The van der Waals surface area contributed by atoms with E-state index in [9.17, 15) is 4.79 Å². The van der Waals surface area contributed by atoms with Gasteiger partial charge in [-0.1, -0.05) is 11.3 Å². The lowest BCUT2D eigenvalue weighted by Gasteiger charge is -2.36. The number of carbonyl (C=O) groups is 1. The van der Waals surface area contributed by atoms with E-state index in [1.54, 1.807) is 5.51 Å². The number of hydrogen-bond donors (Lipinski definition) is 1. The third-order valence-corrected chi connectivity index (χ3v) is 3.51. The van der Waals surface area contributed by atoms with Crippen LogP contribution in [-0.2, 0) is 0 Å². The second-order valence-electron chi connectivity index (χ2n) is 4.29. The first-order chi connectivity index (χ1) is 8.16. The highest BCUT2D eigenvalue weighted by molar-refractivity contribution is 7.13. The van der Waals surface area contributed by atoms with Gasteiger partial charge in [0.25, 0.3) is 0 Å². The second kappa shape index (κ2) is 5.42. The number of nitrogens with one attached hydrogen (secondary N) is 1. The fourth-order valence-electron chi connectivity index (χ4n) is 1.84. The molecular weight excluding hydrogens is 238 g/mol. The average Bonchev–Trinajstić information content (AvgIpc) is 2.82. The Hall–Kier alpha value is -1.21. The number of anilines is 1. The molecule has 1 N–H and O–H groups in total. The van der Waals surface area contributed by atoms with Crippen molar-refractivity contribution in [2.24, 2.45) is 0 Å². The molecule has 0 atom stereocenters. The maximum Gasteiger partial charge on any atom is 0.323 e. The van der Waals surface area contributed by atoms with Crippen molar-refractivity contribution in [1.82, 2.24) is 20.0 Å². The minimum atomic E-state index is -0.0786. The van der Waals surface area contributed by atoms with Crippen LogP contribution in [0.1, 0.15) is 13.8 Å². The van der Waals surface area contributed by atoms with Crippen LogP contribution in [0.3, 0.4) is 0 Å². The van der Waals surface area contributed by atoms with Crippen molar-refractivity contribution >= 4 is 22.5 Å². The van der Waals surface area contributed by atoms with Gasteiger partial charge in [-0.15, -0.1) is 10.2 Å². The molecule has 2 rings (SSSR count). The molecule has 1 aliphatic heterocycles. The molecule has 2 amide bonds. The van der Waals surface area contributed by atoms with Gasteiger partial charge in [0.15, 0.2) is 0 Å². The molecule has 2 heterocycles. The molecule has 0 spiro atoms. The highest BCUT2D eigenvalue weighted by Gasteiger charge is 2.22. The number of nitrogens with zero attached hydrogens (tertiary/aromatic N) is 4. The summed E-state index contributed by atoms with van der Waals surface area (Å²) >= 11 is 1.33. The summed E-state index contributed by atoms with van der Waals surface area (Å²) in [6, 6.07) is 0.466. The van der Waals surface area contributed by atoms with Crippen LogP contribution >= 0.6 is 11.3 Å². The predicted molar refractivity (Wildman–Crippen MR) is 67.2 cm³/mol. The molecule has 0 bridgehead atoms. The zero-order valence-corrected chi connectivity index (χ0v) is 10.9. The summed E-state index contributed by atoms with van der Waals surface area (Å²) in [7, 11) is 0. The largest absolute Gasteiger partial charge is 0.323 e. The van der Waals surface area contributed by atoms with Crippen LogP contribution in [-0.4, -0.2) is 58.2 Å². The number of amides is 2. The molecule has 94 valence electrons. The van der Waals surface area contributed by atoms with Crippen molar-refractivity contribution < 1.29 is 4.79 Å². The summed E-state index contributed by atoms with van der Waals surface area (Å²) in [6.45, 7) is 7.75. The lowest BCUT2D eigenvalue weighted by molar-refractivity contribution is 0.125. The summed E-state index contributed by atoms with van der Waals surface area (Å²) in [5, 5.41) is 10.8. The van der Waals surface area contributed by atoms with E-state index in [4.69, 9.17) is 0 Å². The first kappa shape index (κ1) is 12.3. The Bertz CT molecular complexity index is 359. The van der Waals surface area contributed by atoms with E-state index in [1.807, 2.05) is 4.90 Å². The lowest BCUT2D eigenvalue weighted by Crippen LogP contribution is -2.51. The number of urea groups is 1. The number of piperazine rings is 1. The van der Waals surface area contributed by atoms with Gasteiger partial charge in [0.1, 0.15) is 5.51 Å². The standard InChI is InChI=1S/C10H17N5OS/c1-8(2)14-3-5-15(6-4-14)10(16)12-9-13-11-7-17-9/h7-8H,3-6H2,1-2H3,(H,12,13,16). The molecule has 1 aromatic rings. The molecule has 1 fully saturated rings. The van der Waals surface area contributed by atoms with Crippen LogP contribution in [0.4, 0.5) is 9.93 Å². The van der Waals surface area contributed by atoms with Crippen LogP contribution in [0.5, 0.6) is 0 Å². The predicted octanol–water partition coefficient (Wildman–Crippen LogP) is 1.10. The molecule has 1 aliphatic rings. The van der Waals surface area contributed by atoms with Gasteiger partial charge < -0.3 is 4.90 Å². The fourth-order valence-corrected chi connectivity index (χ4v) is 2.27. The van der Waals surface area contributed by atoms with Crippen molar-refractivity contribution in [1.29, 1.82) is 0 Å². The number of hydrogen-bond acceptors (Lipinski definition) is 5. The van der Waals surface area contributed by atoms with E-state index in [2.05, 4.69) is 34.3 Å². The number of rotatable bonds is 2. The summed E-state index contributed by atoms with van der Waals surface area (Å²) in [5.74, 6) is 0. The fraction of sp³-hybridized carbons (Fsp3) is 0.700. The lowest BCUT2D eigenvalue weighted by atomic mass is 10.2. The number of carbonyl (C=O) groups excluding carboxylic acids is 1. The maximum atomic E-state index is 11.9. The van der Waals surface area contributed by atoms with Gasteiger partial charge in [-0.2, -0.15) is 0 Å². The normalized spacial score (nSPS) is 17.5. The van der Waals surface area contributed by atoms with Crippen molar-refractivity contribution in [3.05, 3.63) is 5.51 Å². The van der Waals surface area contributed by atoms with Crippen molar-refractivity contribution in [2.45, 2.75) is 19.9 Å². The van der Waals surface area contributed by atoms with Gasteiger partial charge >= 0.3 is 6.03 Å². The summed E-state index contributed by atoms with van der Waals surface area (Å²) < 4.78 is 0. The molecule has 1 saturated heterocycles. The van der Waals surface area contributed by atoms with E-state index < -0.39 is 0 Å². The Morgan fingerprint density at radius 3 is 2.65 bits per heavy atom. The van der Waals surface area contributed by atoms with E-state index in [0.29, 0.717) is 11.2 Å². The van der Waals surface area contributed by atoms with E-state index in [1.165, 1.54) is 11.3 Å². The third-order valence-electron chi connectivity index (χ3n) is 2.91. The smallest absolute Gasteiger partial charge is 0.322 e. The Balaban J connectivity index is 1.82. The van der Waals surface area contributed by atoms with E-state index in [-0.39, 0.29) is 6.03 Å². The summed E-state index contributed by atoms with van der Waals surface area (Å²) in [4.78, 5) is 16.1. The van der Waals surface area contributed by atoms with Gasteiger partial charge in [-0.3, -0.25) is 10.2 Å². The molecule has 0 saturated carbocycles. The monoisotopic (exact) mass is 255 g/mol. The van der Waals surface area contributed by atoms with Crippen molar-refractivity contribution in [3.63, 3.8) is 0 Å². The van der Waals surface area contributed by atoms with Crippen LogP contribution in [0, 0.1) is 0 Å². The minimum Gasteiger partial charge on any atom is -0.322 e. The molecular formula is C10H17N5OS. The Morgan fingerprint density at radius 1 is 1.41 bits per heavy atom. The van der Waals surface area contributed by atoms with Gasteiger partial charge in [-0.25, -0.2) is 4.79 Å². The second-order valence-corrected chi connectivity index (χ2v) is 5.12. The van der Waals surface area contributed by atoms with Crippen molar-refractivity contribution in [3.8, 4) is 0 Å². The molecule has 6 nitrogen and oxygen atoms in total.